The molecule has 3 nitrogen and oxygen atoms in total. The number of nitrogens with two attached hydrogens (primary N) is 1. The summed E-state index contributed by atoms with van der Waals surface area (Å²) < 4.78 is 19.2. The number of hydrogen-bond acceptors (Lipinski definition) is 3. The molecule has 0 fully saturated rings. The van der Waals surface area contributed by atoms with Crippen molar-refractivity contribution < 1.29 is 9.13 Å². The summed E-state index contributed by atoms with van der Waals surface area (Å²) in [7, 11) is 0. The molecule has 112 valence electrons. The van der Waals surface area contributed by atoms with Crippen molar-refractivity contribution in [3.05, 3.63) is 47.8 Å². The van der Waals surface area contributed by atoms with Gasteiger partial charge in [0, 0.05) is 17.8 Å². The van der Waals surface area contributed by atoms with Gasteiger partial charge in [0.25, 0.3) is 0 Å². The highest BCUT2D eigenvalue weighted by atomic mass is 19.1. The number of rotatable bonds is 6. The maximum Gasteiger partial charge on any atom is 0.167 e. The SMILES string of the molecule is CCCOc1cc(Nc2cccc(CC)c2)c(N)cc1F. The van der Waals surface area contributed by atoms with Gasteiger partial charge < -0.3 is 15.8 Å². The van der Waals surface area contributed by atoms with E-state index in [0.717, 1.165) is 18.5 Å². The molecule has 2 rings (SSSR count). The molecule has 0 spiro atoms. The normalized spacial score (nSPS) is 10.4. The highest BCUT2D eigenvalue weighted by Crippen LogP contribution is 2.30. The minimum absolute atomic E-state index is 0.222. The van der Waals surface area contributed by atoms with Gasteiger partial charge in [0.15, 0.2) is 11.6 Å². The molecule has 4 heteroatoms. The van der Waals surface area contributed by atoms with Crippen LogP contribution in [0.4, 0.5) is 21.5 Å². The van der Waals surface area contributed by atoms with Crippen molar-refractivity contribution in [2.75, 3.05) is 17.7 Å². The number of benzene rings is 2. The predicted octanol–water partition coefficient (Wildman–Crippen LogP) is 4.50. The molecule has 0 aliphatic heterocycles. The monoisotopic (exact) mass is 288 g/mol. The lowest BCUT2D eigenvalue weighted by Crippen LogP contribution is -2.02. The van der Waals surface area contributed by atoms with Crippen LogP contribution in [0.15, 0.2) is 36.4 Å². The molecule has 0 bridgehead atoms. The van der Waals surface area contributed by atoms with E-state index in [1.807, 2.05) is 19.1 Å². The maximum absolute atomic E-state index is 13.8. The van der Waals surface area contributed by atoms with E-state index >= 15 is 0 Å². The molecule has 0 atom stereocenters. The molecule has 0 saturated carbocycles. The van der Waals surface area contributed by atoms with Crippen LogP contribution in [-0.2, 0) is 6.42 Å². The molecule has 2 aromatic rings. The van der Waals surface area contributed by atoms with E-state index in [4.69, 9.17) is 10.5 Å². The van der Waals surface area contributed by atoms with Crippen LogP contribution in [0.1, 0.15) is 25.8 Å². The van der Waals surface area contributed by atoms with Crippen molar-refractivity contribution in [1.29, 1.82) is 0 Å². The first kappa shape index (κ1) is 15.2. The molecule has 0 heterocycles. The van der Waals surface area contributed by atoms with E-state index < -0.39 is 5.82 Å². The maximum atomic E-state index is 13.8. The number of hydrogen-bond donors (Lipinski definition) is 2. The minimum Gasteiger partial charge on any atom is -0.490 e. The second kappa shape index (κ2) is 6.97. The molecular weight excluding hydrogens is 267 g/mol. The molecule has 3 N–H and O–H groups in total. The number of nitrogen functional groups attached to an aromatic ring is 1. The summed E-state index contributed by atoms with van der Waals surface area (Å²) in [5, 5.41) is 3.22. The summed E-state index contributed by atoms with van der Waals surface area (Å²) in [4.78, 5) is 0. The first-order chi connectivity index (χ1) is 10.1. The van der Waals surface area contributed by atoms with Crippen molar-refractivity contribution in [3.8, 4) is 5.75 Å². The Balaban J connectivity index is 2.25. The number of anilines is 3. The van der Waals surface area contributed by atoms with Crippen LogP contribution >= 0.6 is 0 Å². The molecule has 0 aromatic heterocycles. The minimum atomic E-state index is -0.436. The fraction of sp³-hybridized carbons (Fsp3) is 0.294. The van der Waals surface area contributed by atoms with E-state index in [9.17, 15) is 4.39 Å². The highest BCUT2D eigenvalue weighted by Gasteiger charge is 2.09. The summed E-state index contributed by atoms with van der Waals surface area (Å²) in [6.45, 7) is 4.55. The van der Waals surface area contributed by atoms with Gasteiger partial charge in [-0.1, -0.05) is 26.0 Å². The van der Waals surface area contributed by atoms with Crippen molar-refractivity contribution in [3.63, 3.8) is 0 Å². The van der Waals surface area contributed by atoms with E-state index in [1.165, 1.54) is 11.6 Å². The second-order valence-electron chi connectivity index (χ2n) is 4.90. The Morgan fingerprint density at radius 1 is 1.19 bits per heavy atom. The van der Waals surface area contributed by atoms with Gasteiger partial charge in [0.05, 0.1) is 18.0 Å². The predicted molar refractivity (Wildman–Crippen MR) is 85.7 cm³/mol. The number of halogens is 1. The summed E-state index contributed by atoms with van der Waals surface area (Å²) in [6, 6.07) is 10.9. The van der Waals surface area contributed by atoms with Gasteiger partial charge in [-0.2, -0.15) is 0 Å². The summed E-state index contributed by atoms with van der Waals surface area (Å²) in [6.07, 6.45) is 1.78. The van der Waals surface area contributed by atoms with E-state index in [0.29, 0.717) is 18.0 Å². The topological polar surface area (TPSA) is 47.3 Å². The fourth-order valence-electron chi connectivity index (χ4n) is 2.02. The van der Waals surface area contributed by atoms with Gasteiger partial charge in [0.2, 0.25) is 0 Å². The van der Waals surface area contributed by atoms with Gasteiger partial charge in [0.1, 0.15) is 0 Å². The van der Waals surface area contributed by atoms with Crippen LogP contribution in [0.3, 0.4) is 0 Å². The van der Waals surface area contributed by atoms with Crippen LogP contribution in [0.5, 0.6) is 5.75 Å². The summed E-state index contributed by atoms with van der Waals surface area (Å²) in [5.74, 6) is -0.214. The lowest BCUT2D eigenvalue weighted by atomic mass is 10.1. The Hall–Kier alpha value is -2.23. The van der Waals surface area contributed by atoms with Gasteiger partial charge in [-0.05, 0) is 30.5 Å². The first-order valence-electron chi connectivity index (χ1n) is 7.21. The third kappa shape index (κ3) is 3.88. The van der Waals surface area contributed by atoms with Gasteiger partial charge in [-0.15, -0.1) is 0 Å². The zero-order valence-corrected chi connectivity index (χ0v) is 12.4. The van der Waals surface area contributed by atoms with Crippen molar-refractivity contribution in [2.24, 2.45) is 0 Å². The first-order valence-corrected chi connectivity index (χ1v) is 7.21. The van der Waals surface area contributed by atoms with Crippen LogP contribution < -0.4 is 15.8 Å². The van der Waals surface area contributed by atoms with Crippen molar-refractivity contribution in [2.45, 2.75) is 26.7 Å². The smallest absolute Gasteiger partial charge is 0.167 e. The Kier molecular flexibility index (Phi) is 5.04. The van der Waals surface area contributed by atoms with Crippen molar-refractivity contribution >= 4 is 17.1 Å². The van der Waals surface area contributed by atoms with E-state index in [2.05, 4.69) is 24.4 Å². The average Bonchev–Trinajstić information content (AvgIpc) is 2.49. The quantitative estimate of drug-likeness (QED) is 0.769. The average molecular weight is 288 g/mol. The summed E-state index contributed by atoms with van der Waals surface area (Å²) >= 11 is 0. The zero-order chi connectivity index (χ0) is 15.2. The molecule has 21 heavy (non-hydrogen) atoms. The van der Waals surface area contributed by atoms with Crippen LogP contribution in [0.2, 0.25) is 0 Å². The number of ether oxygens (including phenoxy) is 1. The molecule has 0 aliphatic rings. The van der Waals surface area contributed by atoms with Crippen LogP contribution in [0, 0.1) is 5.82 Å². The molecule has 0 aliphatic carbocycles. The Bertz CT molecular complexity index is 614. The second-order valence-corrected chi connectivity index (χ2v) is 4.90. The standard InChI is InChI=1S/C17H21FN2O/c1-3-8-21-17-11-16(15(19)10-14(17)18)20-13-7-5-6-12(4-2)9-13/h5-7,9-11,20H,3-4,8,19H2,1-2H3. The molecule has 0 saturated heterocycles. The third-order valence-electron chi connectivity index (χ3n) is 3.18. The van der Waals surface area contributed by atoms with Gasteiger partial charge >= 0.3 is 0 Å². The third-order valence-corrected chi connectivity index (χ3v) is 3.18. The zero-order valence-electron chi connectivity index (χ0n) is 12.4. The molecule has 0 amide bonds. The largest absolute Gasteiger partial charge is 0.490 e. The Morgan fingerprint density at radius 2 is 2.00 bits per heavy atom. The molecular formula is C17H21FN2O. The van der Waals surface area contributed by atoms with E-state index in [1.54, 1.807) is 6.07 Å². The number of aryl methyl sites for hydroxylation is 1. The number of nitrogens with one attached hydrogen (secondary N) is 1. The van der Waals surface area contributed by atoms with Crippen LogP contribution in [-0.4, -0.2) is 6.61 Å². The lowest BCUT2D eigenvalue weighted by Gasteiger charge is -2.13. The van der Waals surface area contributed by atoms with E-state index in [-0.39, 0.29) is 5.75 Å². The molecule has 0 radical (unpaired) electrons. The summed E-state index contributed by atoms with van der Waals surface area (Å²) in [5.41, 5.74) is 9.04. The van der Waals surface area contributed by atoms with Crippen LogP contribution in [0.25, 0.3) is 0 Å². The van der Waals surface area contributed by atoms with Gasteiger partial charge in [-0.25, -0.2) is 4.39 Å². The lowest BCUT2D eigenvalue weighted by molar-refractivity contribution is 0.301. The Labute approximate surface area is 124 Å². The molecule has 0 unspecified atom stereocenters. The van der Waals surface area contributed by atoms with Crippen molar-refractivity contribution in [1.82, 2.24) is 0 Å². The van der Waals surface area contributed by atoms with Gasteiger partial charge in [-0.3, -0.25) is 0 Å². The highest BCUT2D eigenvalue weighted by molar-refractivity contribution is 5.74. The Morgan fingerprint density at radius 3 is 2.71 bits per heavy atom. The fourth-order valence-corrected chi connectivity index (χ4v) is 2.02. The molecule has 2 aromatic carbocycles.